The zero-order valence-electron chi connectivity index (χ0n) is 13.0. The molecule has 0 aliphatic carbocycles. The van der Waals surface area contributed by atoms with Crippen LogP contribution in [-0.2, 0) is 16.6 Å². The quantitative estimate of drug-likeness (QED) is 0.671. The third-order valence-electron chi connectivity index (χ3n) is 2.85. The van der Waals surface area contributed by atoms with E-state index >= 15 is 0 Å². The third kappa shape index (κ3) is 5.75. The molecule has 132 valence electrons. The van der Waals surface area contributed by atoms with Gasteiger partial charge >= 0.3 is 0 Å². The van der Waals surface area contributed by atoms with E-state index in [1.807, 2.05) is 0 Å². The molecule has 0 aliphatic rings. The number of carbonyl (C=O) groups is 1. The average Bonchev–Trinajstić information content (AvgIpc) is 2.98. The minimum Gasteiger partial charge on any atom is -0.325 e. The summed E-state index contributed by atoms with van der Waals surface area (Å²) in [5, 5.41) is 5.03. The number of carbonyl (C=O) groups excluding carboxylic acids is 1. The van der Waals surface area contributed by atoms with E-state index in [0.29, 0.717) is 35.0 Å². The summed E-state index contributed by atoms with van der Waals surface area (Å²) < 4.78 is 25.8. The Kier molecular flexibility index (Phi) is 7.61. The predicted octanol–water partition coefficient (Wildman–Crippen LogP) is 2.43. The first-order valence-electron chi connectivity index (χ1n) is 7.00. The van der Waals surface area contributed by atoms with Crippen LogP contribution in [0.1, 0.15) is 28.8 Å². The highest BCUT2D eigenvalue weighted by Crippen LogP contribution is 2.17. The molecule has 4 N–H and O–H groups in total. The van der Waals surface area contributed by atoms with Crippen LogP contribution in [0.5, 0.6) is 0 Å². The summed E-state index contributed by atoms with van der Waals surface area (Å²) in [6.45, 7) is 2.09. The number of aromatic nitrogens is 1. The Morgan fingerprint density at radius 3 is 2.42 bits per heavy atom. The van der Waals surface area contributed by atoms with E-state index in [2.05, 4.69) is 15.0 Å². The number of thiazole rings is 1. The maximum Gasteiger partial charge on any atom is 0.275 e. The van der Waals surface area contributed by atoms with Crippen molar-refractivity contribution in [3.05, 3.63) is 40.3 Å². The van der Waals surface area contributed by atoms with Crippen molar-refractivity contribution in [1.82, 2.24) is 4.98 Å². The van der Waals surface area contributed by atoms with Crippen LogP contribution in [0.4, 0.5) is 11.4 Å². The average molecular weight is 391 g/mol. The molecule has 2 rings (SSSR count). The monoisotopic (exact) mass is 390 g/mol. The molecule has 0 saturated carbocycles. The number of amides is 1. The van der Waals surface area contributed by atoms with Crippen LogP contribution >= 0.6 is 23.7 Å². The van der Waals surface area contributed by atoms with E-state index in [9.17, 15) is 13.2 Å². The van der Waals surface area contributed by atoms with E-state index in [-0.39, 0.29) is 24.1 Å². The first kappa shape index (κ1) is 20.4. The molecule has 1 amide bonds. The largest absolute Gasteiger partial charge is 0.325 e. The second-order valence-corrected chi connectivity index (χ2v) is 7.57. The van der Waals surface area contributed by atoms with Crippen molar-refractivity contribution in [3.8, 4) is 0 Å². The summed E-state index contributed by atoms with van der Waals surface area (Å²) in [6, 6.07) is 6.43. The van der Waals surface area contributed by atoms with Crippen molar-refractivity contribution in [1.29, 1.82) is 0 Å². The van der Waals surface area contributed by atoms with Gasteiger partial charge in [0.15, 0.2) is 0 Å². The second kappa shape index (κ2) is 8.97. The van der Waals surface area contributed by atoms with Gasteiger partial charge in [0.1, 0.15) is 10.7 Å². The summed E-state index contributed by atoms with van der Waals surface area (Å²) >= 11 is 1.33. The van der Waals surface area contributed by atoms with Gasteiger partial charge in [-0.1, -0.05) is 6.92 Å². The Morgan fingerprint density at radius 1 is 1.25 bits per heavy atom. The molecule has 7 nitrogen and oxygen atoms in total. The van der Waals surface area contributed by atoms with Crippen LogP contribution in [0.15, 0.2) is 29.6 Å². The number of nitrogens with two attached hydrogens (primary N) is 1. The van der Waals surface area contributed by atoms with E-state index in [1.54, 1.807) is 36.6 Å². The highest BCUT2D eigenvalue weighted by molar-refractivity contribution is 7.92. The Labute approximate surface area is 151 Å². The number of halogens is 1. The van der Waals surface area contributed by atoms with Crippen molar-refractivity contribution in [2.24, 2.45) is 5.73 Å². The first-order valence-corrected chi connectivity index (χ1v) is 9.53. The highest BCUT2D eigenvalue weighted by atomic mass is 35.5. The van der Waals surface area contributed by atoms with Gasteiger partial charge < -0.3 is 11.1 Å². The van der Waals surface area contributed by atoms with E-state index in [0.717, 1.165) is 0 Å². The Hall–Kier alpha value is -1.68. The van der Waals surface area contributed by atoms with Crippen LogP contribution in [0, 0.1) is 0 Å². The van der Waals surface area contributed by atoms with Gasteiger partial charge in [-0.15, -0.1) is 23.7 Å². The van der Waals surface area contributed by atoms with Gasteiger partial charge in [-0.05, 0) is 30.7 Å². The molecule has 10 heteroatoms. The van der Waals surface area contributed by atoms with Gasteiger partial charge in [0, 0.05) is 23.3 Å². The van der Waals surface area contributed by atoms with Crippen LogP contribution in [0.2, 0.25) is 0 Å². The fourth-order valence-corrected chi connectivity index (χ4v) is 3.61. The van der Waals surface area contributed by atoms with Crippen molar-refractivity contribution >= 4 is 51.0 Å². The normalized spacial score (nSPS) is 10.8. The number of nitrogens with zero attached hydrogens (tertiary/aromatic N) is 1. The van der Waals surface area contributed by atoms with Gasteiger partial charge in [0.25, 0.3) is 5.91 Å². The van der Waals surface area contributed by atoms with Crippen LogP contribution in [0.3, 0.4) is 0 Å². The summed E-state index contributed by atoms with van der Waals surface area (Å²) in [7, 11) is -3.32. The van der Waals surface area contributed by atoms with Crippen molar-refractivity contribution in [3.63, 3.8) is 0 Å². The highest BCUT2D eigenvalue weighted by Gasteiger charge is 2.11. The lowest BCUT2D eigenvalue weighted by Gasteiger charge is -2.08. The number of nitrogens with one attached hydrogen (secondary N) is 2. The van der Waals surface area contributed by atoms with Gasteiger partial charge in [0.05, 0.1) is 5.75 Å². The number of hydrogen-bond acceptors (Lipinski definition) is 6. The minimum absolute atomic E-state index is 0. The SMILES string of the molecule is CCCS(=O)(=O)Nc1ccc(NC(=O)c2csc(CN)n2)cc1.Cl. The third-order valence-corrected chi connectivity index (χ3v) is 5.21. The predicted molar refractivity (Wildman–Crippen MR) is 99.3 cm³/mol. The molecule has 1 aromatic carbocycles. The van der Waals surface area contributed by atoms with Crippen molar-refractivity contribution in [2.75, 3.05) is 15.8 Å². The number of hydrogen-bond donors (Lipinski definition) is 3. The fraction of sp³-hybridized carbons (Fsp3) is 0.286. The molecule has 0 atom stereocenters. The summed E-state index contributed by atoms with van der Waals surface area (Å²) in [5.74, 6) is -0.265. The zero-order chi connectivity index (χ0) is 16.9. The number of rotatable bonds is 7. The number of benzene rings is 1. The summed E-state index contributed by atoms with van der Waals surface area (Å²) in [5.41, 5.74) is 6.78. The topological polar surface area (TPSA) is 114 Å². The van der Waals surface area contributed by atoms with Crippen LogP contribution < -0.4 is 15.8 Å². The lowest BCUT2D eigenvalue weighted by molar-refractivity contribution is 0.102. The maximum atomic E-state index is 12.0. The Bertz CT molecular complexity index is 776. The molecule has 0 bridgehead atoms. The Balaban J connectivity index is 0.00000288. The molecular formula is C14H19ClN4O3S2. The molecule has 0 unspecified atom stereocenters. The van der Waals surface area contributed by atoms with Gasteiger partial charge in [0.2, 0.25) is 10.0 Å². The van der Waals surface area contributed by atoms with Crippen LogP contribution in [0.25, 0.3) is 0 Å². The molecule has 0 radical (unpaired) electrons. The molecule has 2 aromatic rings. The zero-order valence-corrected chi connectivity index (χ0v) is 15.4. The lowest BCUT2D eigenvalue weighted by atomic mass is 10.3. The Morgan fingerprint density at radius 2 is 1.88 bits per heavy atom. The standard InChI is InChI=1S/C14H18N4O3S2.ClH/c1-2-7-23(20,21)18-11-5-3-10(4-6-11)16-14(19)12-9-22-13(8-15)17-12;/h3-6,9,18H,2,7-8,15H2,1H3,(H,16,19);1H. The summed E-state index contributed by atoms with van der Waals surface area (Å²) in [6.07, 6.45) is 0.544. The maximum absolute atomic E-state index is 12.0. The van der Waals surface area contributed by atoms with E-state index in [1.165, 1.54) is 11.3 Å². The van der Waals surface area contributed by atoms with Crippen LogP contribution in [-0.4, -0.2) is 25.1 Å². The molecule has 0 saturated heterocycles. The smallest absolute Gasteiger partial charge is 0.275 e. The number of anilines is 2. The van der Waals surface area contributed by atoms with Gasteiger partial charge in [-0.2, -0.15) is 0 Å². The van der Waals surface area contributed by atoms with Crippen molar-refractivity contribution < 1.29 is 13.2 Å². The van der Waals surface area contributed by atoms with Gasteiger partial charge in [-0.25, -0.2) is 13.4 Å². The molecule has 1 aromatic heterocycles. The lowest BCUT2D eigenvalue weighted by Crippen LogP contribution is -2.16. The second-order valence-electron chi connectivity index (χ2n) is 4.78. The first-order chi connectivity index (χ1) is 10.9. The molecule has 0 spiro atoms. The van der Waals surface area contributed by atoms with E-state index < -0.39 is 10.0 Å². The molecular weight excluding hydrogens is 372 g/mol. The minimum atomic E-state index is -3.32. The molecule has 0 fully saturated rings. The molecule has 0 aliphatic heterocycles. The van der Waals surface area contributed by atoms with Gasteiger partial charge in [-0.3, -0.25) is 9.52 Å². The fourth-order valence-electron chi connectivity index (χ4n) is 1.82. The molecule has 1 heterocycles. The number of sulfonamides is 1. The van der Waals surface area contributed by atoms with Crippen molar-refractivity contribution in [2.45, 2.75) is 19.9 Å². The molecule has 24 heavy (non-hydrogen) atoms. The van der Waals surface area contributed by atoms with E-state index in [4.69, 9.17) is 5.73 Å². The summed E-state index contributed by atoms with van der Waals surface area (Å²) in [4.78, 5) is 16.1.